The Morgan fingerprint density at radius 3 is 2.82 bits per heavy atom. The molecule has 1 fully saturated rings. The fourth-order valence-electron chi connectivity index (χ4n) is 1.37. The van der Waals surface area contributed by atoms with Crippen molar-refractivity contribution in [3.8, 4) is 5.75 Å². The Balaban J connectivity index is 2.11. The number of halogens is 1. The van der Waals surface area contributed by atoms with Gasteiger partial charge >= 0.3 is 8.17 Å². The van der Waals surface area contributed by atoms with Crippen LogP contribution in [0.4, 0.5) is 0 Å². The Bertz CT molecular complexity index is 398. The van der Waals surface area contributed by atoms with Crippen LogP contribution in [0.5, 0.6) is 5.75 Å². The van der Waals surface area contributed by atoms with Crippen LogP contribution in [-0.4, -0.2) is 6.61 Å². The van der Waals surface area contributed by atoms with Gasteiger partial charge < -0.3 is 4.89 Å². The molecule has 0 amide bonds. The van der Waals surface area contributed by atoms with Gasteiger partial charge in [-0.25, -0.2) is 0 Å². The topological polar surface area (TPSA) is 50.8 Å². The summed E-state index contributed by atoms with van der Waals surface area (Å²) in [5, 5.41) is 0. The van der Waals surface area contributed by atoms with E-state index in [1.165, 1.54) is 0 Å². The van der Waals surface area contributed by atoms with Crippen LogP contribution in [0.1, 0.15) is 12.8 Å². The van der Waals surface area contributed by atoms with Crippen LogP contribution in [0.15, 0.2) is 40.2 Å². The highest BCUT2D eigenvalue weighted by molar-refractivity contribution is 14.1. The molecule has 1 unspecified atom stereocenters. The molecule has 0 spiro atoms. The lowest BCUT2D eigenvalue weighted by atomic mass is 10.3. The van der Waals surface area contributed by atoms with Crippen LogP contribution in [0.2, 0.25) is 0 Å². The van der Waals surface area contributed by atoms with E-state index >= 15 is 0 Å². The van der Waals surface area contributed by atoms with Crippen molar-refractivity contribution in [1.82, 2.24) is 0 Å². The van der Waals surface area contributed by atoms with E-state index in [2.05, 4.69) is 22.6 Å². The van der Waals surface area contributed by atoms with Crippen molar-refractivity contribution >= 4 is 30.8 Å². The first kappa shape index (κ1) is 13.1. The molecule has 1 aliphatic rings. The van der Waals surface area contributed by atoms with Crippen molar-refractivity contribution in [3.63, 3.8) is 0 Å². The molecule has 1 atom stereocenters. The van der Waals surface area contributed by atoms with E-state index in [4.69, 9.17) is 13.6 Å². The second-order valence-corrected chi connectivity index (χ2v) is 5.60. The maximum atomic E-state index is 12.3. The maximum absolute atomic E-state index is 12.3. The van der Waals surface area contributed by atoms with Gasteiger partial charge in [-0.05, 0) is 41.1 Å². The Hall–Kier alpha value is -0.360. The summed E-state index contributed by atoms with van der Waals surface area (Å²) in [4.78, 5) is 12.3. The van der Waals surface area contributed by atoms with Crippen LogP contribution in [-0.2, 0) is 9.05 Å². The number of hydrogen-bond acceptors (Lipinski definition) is 4. The summed E-state index contributed by atoms with van der Waals surface area (Å²) in [5.74, 6) is 1.12. The third-order valence-electron chi connectivity index (χ3n) is 2.13. The minimum Gasteiger partial charge on any atom is -0.591 e. The summed E-state index contributed by atoms with van der Waals surface area (Å²) in [6.45, 7) is 0.373. The molecule has 0 saturated carbocycles. The summed E-state index contributed by atoms with van der Waals surface area (Å²) in [7, 11) is -3.52. The van der Waals surface area contributed by atoms with E-state index in [-0.39, 0.29) is 0 Å². The average Bonchev–Trinajstić information content (AvgIpc) is 2.52. The fourth-order valence-corrected chi connectivity index (χ4v) is 3.31. The van der Waals surface area contributed by atoms with E-state index < -0.39 is 8.17 Å². The van der Waals surface area contributed by atoms with Crippen LogP contribution in [0.3, 0.4) is 0 Å². The third-order valence-corrected chi connectivity index (χ3v) is 4.21. The van der Waals surface area contributed by atoms with Crippen LogP contribution in [0.25, 0.3) is 0 Å². The zero-order valence-corrected chi connectivity index (χ0v) is 12.1. The van der Waals surface area contributed by atoms with Gasteiger partial charge in [0.05, 0.1) is 6.61 Å². The average molecular weight is 366 g/mol. The van der Waals surface area contributed by atoms with Crippen molar-refractivity contribution in [3.05, 3.63) is 40.2 Å². The molecule has 4 nitrogen and oxygen atoms in total. The fraction of sp³-hybridized carbons (Fsp3) is 0.273. The summed E-state index contributed by atoms with van der Waals surface area (Å²) in [6.07, 6.45) is 1.49. The molecule has 0 N–H and O–H groups in total. The molecule has 92 valence electrons. The van der Waals surface area contributed by atoms with Crippen molar-refractivity contribution in [1.29, 1.82) is 0 Å². The summed E-state index contributed by atoms with van der Waals surface area (Å²) in [5.41, 5.74) is 0. The number of phosphoric acid groups is 1. The smallest absolute Gasteiger partial charge is 0.472 e. The highest BCUT2D eigenvalue weighted by Crippen LogP contribution is 2.57. The summed E-state index contributed by atoms with van der Waals surface area (Å²) in [6, 6.07) is 8.88. The second kappa shape index (κ2) is 6.00. The van der Waals surface area contributed by atoms with Crippen molar-refractivity contribution in [2.45, 2.75) is 12.8 Å². The molecule has 0 bridgehead atoms. The maximum Gasteiger partial charge on any atom is 0.472 e. The molecule has 2 rings (SSSR count). The molecule has 0 radical (unpaired) electrons. The zero-order valence-electron chi connectivity index (χ0n) is 9.04. The highest BCUT2D eigenvalue weighted by atomic mass is 127. The number of phosphoric ester groups is 1. The number of benzene rings is 1. The normalized spacial score (nSPS) is 27.3. The summed E-state index contributed by atoms with van der Waals surface area (Å²) >= 11 is 2.05. The summed E-state index contributed by atoms with van der Waals surface area (Å²) < 4.78 is 17.6. The number of para-hydroxylation sites is 1. The first-order valence-corrected chi connectivity index (χ1v) is 7.90. The van der Waals surface area contributed by atoms with Crippen molar-refractivity contribution in [2.75, 3.05) is 6.61 Å². The van der Waals surface area contributed by atoms with Gasteiger partial charge in [0.15, 0.2) is 11.5 Å². The van der Waals surface area contributed by atoms with Crippen LogP contribution >= 0.6 is 30.8 Å². The molecule has 0 aromatic heterocycles. The molecule has 1 aromatic carbocycles. The van der Waals surface area contributed by atoms with Gasteiger partial charge in [0, 0.05) is 10.5 Å². The quantitative estimate of drug-likeness (QED) is 0.596. The SMILES string of the molecule is [O-][P+]1(Oc2ccccc2)OCCC/C(=C\I)O1. The van der Waals surface area contributed by atoms with Gasteiger partial charge in [0.2, 0.25) is 0 Å². The Morgan fingerprint density at radius 1 is 1.35 bits per heavy atom. The van der Waals surface area contributed by atoms with E-state index in [1.54, 1.807) is 28.3 Å². The Morgan fingerprint density at radius 2 is 2.12 bits per heavy atom. The van der Waals surface area contributed by atoms with Crippen molar-refractivity contribution in [2.24, 2.45) is 0 Å². The lowest BCUT2D eigenvalue weighted by Crippen LogP contribution is -2.19. The molecular formula is C11H12IO4P. The number of hydrogen-bond donors (Lipinski definition) is 0. The lowest BCUT2D eigenvalue weighted by Gasteiger charge is -2.23. The Kier molecular flexibility index (Phi) is 4.62. The second-order valence-electron chi connectivity index (χ2n) is 3.46. The third kappa shape index (κ3) is 3.81. The molecule has 1 aromatic rings. The number of allylic oxidation sites excluding steroid dienone is 1. The minimum atomic E-state index is -3.52. The standard InChI is InChI=1S/C11H12IO4P/c12-9-11-7-4-8-14-17(13,16-11)15-10-5-2-1-3-6-10/h1-3,5-6,9H,4,7-8H2/b11-9+. The van der Waals surface area contributed by atoms with E-state index in [1.807, 2.05) is 6.07 Å². The van der Waals surface area contributed by atoms with Gasteiger partial charge in [-0.3, -0.25) is 9.05 Å². The molecule has 1 heterocycles. The predicted molar refractivity (Wildman–Crippen MR) is 72.4 cm³/mol. The zero-order chi connectivity index (χ0) is 12.1. The molecule has 17 heavy (non-hydrogen) atoms. The molecule has 0 aliphatic carbocycles. The first-order chi connectivity index (χ1) is 8.22. The van der Waals surface area contributed by atoms with Gasteiger partial charge in [-0.2, -0.15) is 4.52 Å². The van der Waals surface area contributed by atoms with Gasteiger partial charge in [0.1, 0.15) is 0 Å². The van der Waals surface area contributed by atoms with E-state index in [0.29, 0.717) is 24.5 Å². The van der Waals surface area contributed by atoms with E-state index in [9.17, 15) is 4.89 Å². The van der Waals surface area contributed by atoms with Crippen molar-refractivity contribution < 1.29 is 18.5 Å². The Labute approximate surface area is 114 Å². The highest BCUT2D eigenvalue weighted by Gasteiger charge is 2.38. The van der Waals surface area contributed by atoms with Gasteiger partial charge in [-0.1, -0.05) is 18.2 Å². The monoisotopic (exact) mass is 366 g/mol. The van der Waals surface area contributed by atoms with Crippen LogP contribution in [0, 0.1) is 0 Å². The molecule has 6 heteroatoms. The molecule has 1 aliphatic heterocycles. The predicted octanol–water partition coefficient (Wildman–Crippen LogP) is 3.21. The molecule has 1 saturated heterocycles. The lowest BCUT2D eigenvalue weighted by molar-refractivity contribution is -0.234. The first-order valence-electron chi connectivity index (χ1n) is 5.20. The molecular weight excluding hydrogens is 354 g/mol. The van der Waals surface area contributed by atoms with Gasteiger partial charge in [-0.15, -0.1) is 0 Å². The number of rotatable bonds is 2. The van der Waals surface area contributed by atoms with E-state index in [0.717, 1.165) is 6.42 Å². The minimum absolute atomic E-state index is 0.373. The van der Waals surface area contributed by atoms with Gasteiger partial charge in [0.25, 0.3) is 0 Å². The van der Waals surface area contributed by atoms with Crippen LogP contribution < -0.4 is 9.42 Å². The largest absolute Gasteiger partial charge is 0.591 e.